The van der Waals surface area contributed by atoms with Crippen molar-refractivity contribution < 1.29 is 27.2 Å². The predicted molar refractivity (Wildman–Crippen MR) is 114 cm³/mol. The molecule has 0 fully saturated rings. The van der Waals surface area contributed by atoms with Crippen molar-refractivity contribution in [1.29, 1.82) is 0 Å². The Kier molecular flexibility index (Phi) is 6.93. The van der Waals surface area contributed by atoms with Gasteiger partial charge in [0.05, 0.1) is 11.3 Å². The van der Waals surface area contributed by atoms with E-state index in [4.69, 9.17) is 10.2 Å². The van der Waals surface area contributed by atoms with Gasteiger partial charge in [-0.2, -0.15) is 13.2 Å². The molecule has 0 atom stereocenters. The van der Waals surface area contributed by atoms with Crippen molar-refractivity contribution in [2.75, 3.05) is 22.1 Å². The van der Waals surface area contributed by atoms with Crippen molar-refractivity contribution in [2.45, 2.75) is 11.3 Å². The smallest absolute Gasteiger partial charge is 0.416 e. The minimum absolute atomic E-state index is 0.0227. The largest absolute Gasteiger partial charge is 0.444 e. The monoisotopic (exact) mass is 531 g/mol. The van der Waals surface area contributed by atoms with Gasteiger partial charge in [-0.25, -0.2) is 4.98 Å². The van der Waals surface area contributed by atoms with E-state index in [2.05, 4.69) is 36.5 Å². The summed E-state index contributed by atoms with van der Waals surface area (Å²) in [5.41, 5.74) is 3.73. The van der Waals surface area contributed by atoms with E-state index < -0.39 is 29.1 Å². The molecule has 9 nitrogen and oxygen atoms in total. The zero-order valence-corrected chi connectivity index (χ0v) is 18.2. The number of rotatable bonds is 6. The molecule has 0 unspecified atom stereocenters. The summed E-state index contributed by atoms with van der Waals surface area (Å²) in [6.45, 7) is 0. The van der Waals surface area contributed by atoms with Crippen molar-refractivity contribution in [1.82, 2.24) is 9.97 Å². The van der Waals surface area contributed by atoms with Crippen LogP contribution in [0.1, 0.15) is 16.1 Å². The van der Waals surface area contributed by atoms with E-state index in [1.54, 1.807) is 0 Å². The lowest BCUT2D eigenvalue weighted by molar-refractivity contribution is -0.137. The Morgan fingerprint density at radius 3 is 2.59 bits per heavy atom. The number of hydrogen-bond acceptors (Lipinski definition) is 7. The molecule has 168 valence electrons. The Morgan fingerprint density at radius 1 is 1.22 bits per heavy atom. The fourth-order valence-corrected chi connectivity index (χ4v) is 3.35. The molecular weight excluding hydrogens is 519 g/mol. The maximum Gasteiger partial charge on any atom is 0.416 e. The van der Waals surface area contributed by atoms with Crippen molar-refractivity contribution in [3.8, 4) is 0 Å². The van der Waals surface area contributed by atoms with Gasteiger partial charge >= 0.3 is 6.18 Å². The second-order valence-corrected chi connectivity index (χ2v) is 7.85. The number of thioether (sulfide) groups is 1. The quantitative estimate of drug-likeness (QED) is 0.280. The summed E-state index contributed by atoms with van der Waals surface area (Å²) in [5, 5.41) is 4.59. The fourth-order valence-electron chi connectivity index (χ4n) is 2.37. The standard InChI is InChI=1S/C18H13BrF3N5O4S/c19-11-5-4-10(31-11)15(29)25-13-14(23)26-17(27-16(13)30)32-7-12(28)24-9-3-1-2-8(6-9)18(20,21)22/h1-6H,7H2,(H,24,28)(H,25,29)(H3,23,26,27,30). The van der Waals surface area contributed by atoms with Crippen LogP contribution in [0.2, 0.25) is 0 Å². The highest BCUT2D eigenvalue weighted by molar-refractivity contribution is 9.10. The third-order valence-corrected chi connectivity index (χ3v) is 5.07. The lowest BCUT2D eigenvalue weighted by Crippen LogP contribution is -2.23. The van der Waals surface area contributed by atoms with Gasteiger partial charge in [0, 0.05) is 5.69 Å². The number of anilines is 3. The van der Waals surface area contributed by atoms with Crippen LogP contribution in [-0.2, 0) is 11.0 Å². The minimum atomic E-state index is -4.54. The number of halogens is 4. The van der Waals surface area contributed by atoms with Crippen molar-refractivity contribution in [3.05, 3.63) is 62.7 Å². The lowest BCUT2D eigenvalue weighted by Gasteiger charge is -2.10. The number of nitrogens with one attached hydrogen (secondary N) is 3. The van der Waals surface area contributed by atoms with Gasteiger partial charge in [0.1, 0.15) is 0 Å². The molecule has 14 heteroatoms. The number of hydrogen-bond donors (Lipinski definition) is 4. The molecule has 0 saturated heterocycles. The first-order valence-electron chi connectivity index (χ1n) is 8.59. The first kappa shape index (κ1) is 23.4. The van der Waals surface area contributed by atoms with Crippen LogP contribution in [0.4, 0.5) is 30.4 Å². The van der Waals surface area contributed by atoms with Gasteiger partial charge in [-0.15, -0.1) is 0 Å². The summed E-state index contributed by atoms with van der Waals surface area (Å²) < 4.78 is 43.7. The van der Waals surface area contributed by atoms with E-state index >= 15 is 0 Å². The van der Waals surface area contributed by atoms with E-state index in [1.165, 1.54) is 24.3 Å². The number of aromatic nitrogens is 2. The van der Waals surface area contributed by atoms with Crippen LogP contribution in [-0.4, -0.2) is 27.5 Å². The molecule has 0 aliphatic rings. The van der Waals surface area contributed by atoms with Gasteiger partial charge in [-0.1, -0.05) is 17.8 Å². The van der Waals surface area contributed by atoms with Gasteiger partial charge < -0.3 is 20.8 Å². The summed E-state index contributed by atoms with van der Waals surface area (Å²) in [4.78, 5) is 42.7. The van der Waals surface area contributed by atoms with E-state index in [1.807, 2.05) is 0 Å². The van der Waals surface area contributed by atoms with Gasteiger partial charge in [-0.05, 0) is 46.3 Å². The van der Waals surface area contributed by atoms with Crippen molar-refractivity contribution in [2.24, 2.45) is 0 Å². The van der Waals surface area contributed by atoms with Crippen LogP contribution in [0, 0.1) is 0 Å². The maximum atomic E-state index is 12.8. The van der Waals surface area contributed by atoms with Crippen LogP contribution in [0.25, 0.3) is 0 Å². The minimum Gasteiger partial charge on any atom is -0.444 e. The average Bonchev–Trinajstić information content (AvgIpc) is 3.15. The Morgan fingerprint density at radius 2 is 1.97 bits per heavy atom. The second-order valence-electron chi connectivity index (χ2n) is 6.10. The topological polar surface area (TPSA) is 143 Å². The van der Waals surface area contributed by atoms with Gasteiger partial charge in [0.25, 0.3) is 11.5 Å². The van der Waals surface area contributed by atoms with E-state index in [0.29, 0.717) is 4.67 Å². The molecule has 5 N–H and O–H groups in total. The SMILES string of the molecule is Nc1nc(SCC(=O)Nc2cccc(C(F)(F)F)c2)[nH]c(=O)c1NC(=O)c1ccc(Br)o1. The zero-order chi connectivity index (χ0) is 23.5. The van der Waals surface area contributed by atoms with Crippen LogP contribution in [0.3, 0.4) is 0 Å². The number of H-pyrrole nitrogens is 1. The Balaban J connectivity index is 1.63. The number of benzene rings is 1. The summed E-state index contributed by atoms with van der Waals surface area (Å²) in [6.07, 6.45) is -4.54. The third-order valence-electron chi connectivity index (χ3n) is 3.77. The average molecular weight is 532 g/mol. The maximum absolute atomic E-state index is 12.8. The van der Waals surface area contributed by atoms with Crippen molar-refractivity contribution in [3.63, 3.8) is 0 Å². The van der Waals surface area contributed by atoms with Gasteiger partial charge in [0.15, 0.2) is 27.1 Å². The zero-order valence-electron chi connectivity index (χ0n) is 15.7. The van der Waals surface area contributed by atoms with E-state index in [9.17, 15) is 27.6 Å². The first-order chi connectivity index (χ1) is 15.0. The number of nitrogens with zero attached hydrogens (tertiary/aromatic N) is 1. The molecular formula is C18H13BrF3N5O4S. The molecule has 3 aromatic rings. The molecule has 0 saturated carbocycles. The molecule has 0 aliphatic carbocycles. The van der Waals surface area contributed by atoms with Crippen LogP contribution in [0.15, 0.2) is 55.4 Å². The Labute approximate surface area is 190 Å². The highest BCUT2D eigenvalue weighted by Gasteiger charge is 2.30. The number of nitrogen functional groups attached to an aromatic ring is 1. The molecule has 0 bridgehead atoms. The number of alkyl halides is 3. The van der Waals surface area contributed by atoms with Crippen LogP contribution in [0.5, 0.6) is 0 Å². The van der Waals surface area contributed by atoms with Gasteiger partial charge in [0.2, 0.25) is 5.91 Å². The lowest BCUT2D eigenvalue weighted by atomic mass is 10.2. The summed E-state index contributed by atoms with van der Waals surface area (Å²) in [7, 11) is 0. The van der Waals surface area contributed by atoms with Gasteiger partial charge in [-0.3, -0.25) is 19.4 Å². The molecule has 3 rings (SSSR count). The highest BCUT2D eigenvalue weighted by Crippen LogP contribution is 2.30. The number of nitrogens with two attached hydrogens (primary N) is 1. The molecule has 2 amide bonds. The molecule has 0 aliphatic heterocycles. The molecule has 0 spiro atoms. The summed E-state index contributed by atoms with van der Waals surface area (Å²) >= 11 is 3.84. The van der Waals surface area contributed by atoms with E-state index in [-0.39, 0.29) is 33.9 Å². The Bertz CT molecular complexity index is 1230. The van der Waals surface area contributed by atoms with E-state index in [0.717, 1.165) is 23.9 Å². The molecule has 2 heterocycles. The highest BCUT2D eigenvalue weighted by atomic mass is 79.9. The molecule has 2 aromatic heterocycles. The third kappa shape index (κ3) is 5.91. The second kappa shape index (κ2) is 9.48. The van der Waals surface area contributed by atoms with Crippen molar-refractivity contribution >= 4 is 56.7 Å². The number of furan rings is 1. The normalized spacial score (nSPS) is 11.2. The first-order valence-corrected chi connectivity index (χ1v) is 10.4. The number of amides is 2. The fraction of sp³-hybridized carbons (Fsp3) is 0.111. The van der Waals surface area contributed by atoms with Crippen LogP contribution < -0.4 is 21.9 Å². The number of carbonyl (C=O) groups excluding carboxylic acids is 2. The molecule has 0 radical (unpaired) electrons. The summed E-state index contributed by atoms with van der Waals surface area (Å²) in [6, 6.07) is 7.03. The molecule has 32 heavy (non-hydrogen) atoms. The Hall–Kier alpha value is -3.26. The summed E-state index contributed by atoms with van der Waals surface area (Å²) in [5.74, 6) is -1.99. The van der Waals surface area contributed by atoms with Crippen LogP contribution >= 0.6 is 27.7 Å². The number of aromatic amines is 1. The molecule has 1 aromatic carbocycles. The predicted octanol–water partition coefficient (Wildman–Crippen LogP) is 3.71. The number of carbonyl (C=O) groups is 2.